The van der Waals surface area contributed by atoms with E-state index >= 15 is 0 Å². The molecule has 0 fully saturated rings. The lowest BCUT2D eigenvalue weighted by atomic mass is 10.1. The standard InChI is InChI=1S/C10H22N/c1-3-4-5-6-7-8-9-10-11-2/h11H,2-10H2,1H3. The van der Waals surface area contributed by atoms with Crippen molar-refractivity contribution in [1.29, 1.82) is 0 Å². The summed E-state index contributed by atoms with van der Waals surface area (Å²) in [4.78, 5) is 0. The van der Waals surface area contributed by atoms with Crippen molar-refractivity contribution in [2.24, 2.45) is 0 Å². The van der Waals surface area contributed by atoms with Crippen LogP contribution in [0.1, 0.15) is 51.9 Å². The molecule has 0 amide bonds. The normalized spacial score (nSPS) is 10.4. The monoisotopic (exact) mass is 156 g/mol. The van der Waals surface area contributed by atoms with Crippen LogP contribution < -0.4 is 5.32 Å². The average molecular weight is 156 g/mol. The van der Waals surface area contributed by atoms with Gasteiger partial charge in [0.15, 0.2) is 0 Å². The van der Waals surface area contributed by atoms with Crippen LogP contribution in [0.25, 0.3) is 0 Å². The van der Waals surface area contributed by atoms with Crippen LogP contribution in [-0.4, -0.2) is 6.54 Å². The molecule has 0 spiro atoms. The summed E-state index contributed by atoms with van der Waals surface area (Å²) in [6, 6.07) is 0. The second-order valence-corrected chi connectivity index (χ2v) is 3.12. The molecule has 1 radical (unpaired) electrons. The quantitative estimate of drug-likeness (QED) is 0.532. The van der Waals surface area contributed by atoms with Crippen molar-refractivity contribution in [1.82, 2.24) is 5.32 Å². The van der Waals surface area contributed by atoms with Gasteiger partial charge in [0.2, 0.25) is 0 Å². The lowest BCUT2D eigenvalue weighted by Crippen LogP contribution is -2.03. The van der Waals surface area contributed by atoms with Crippen molar-refractivity contribution in [3.8, 4) is 0 Å². The molecule has 0 aromatic rings. The lowest BCUT2D eigenvalue weighted by Gasteiger charge is -1.99. The summed E-state index contributed by atoms with van der Waals surface area (Å²) >= 11 is 0. The Morgan fingerprint density at radius 3 is 2.00 bits per heavy atom. The van der Waals surface area contributed by atoms with E-state index < -0.39 is 0 Å². The van der Waals surface area contributed by atoms with E-state index in [0.29, 0.717) is 0 Å². The van der Waals surface area contributed by atoms with Gasteiger partial charge in [0.1, 0.15) is 0 Å². The maximum atomic E-state index is 3.58. The van der Waals surface area contributed by atoms with Crippen molar-refractivity contribution in [3.05, 3.63) is 7.05 Å². The molecule has 0 atom stereocenters. The van der Waals surface area contributed by atoms with Crippen LogP contribution in [0.3, 0.4) is 0 Å². The molecule has 11 heavy (non-hydrogen) atoms. The zero-order valence-electron chi connectivity index (χ0n) is 7.86. The zero-order chi connectivity index (χ0) is 8.36. The van der Waals surface area contributed by atoms with Gasteiger partial charge < -0.3 is 5.32 Å². The van der Waals surface area contributed by atoms with E-state index in [-0.39, 0.29) is 0 Å². The minimum atomic E-state index is 1.08. The van der Waals surface area contributed by atoms with Crippen LogP contribution in [0.15, 0.2) is 0 Å². The summed E-state index contributed by atoms with van der Waals surface area (Å²) in [5.74, 6) is 0. The van der Waals surface area contributed by atoms with Gasteiger partial charge in [-0.3, -0.25) is 0 Å². The minimum absolute atomic E-state index is 1.08. The predicted octanol–water partition coefficient (Wildman–Crippen LogP) is 3.12. The average Bonchev–Trinajstić information content (AvgIpc) is 2.03. The van der Waals surface area contributed by atoms with Crippen LogP contribution in [0.4, 0.5) is 0 Å². The van der Waals surface area contributed by atoms with Crippen LogP contribution in [0.5, 0.6) is 0 Å². The van der Waals surface area contributed by atoms with Crippen molar-refractivity contribution < 1.29 is 0 Å². The fourth-order valence-electron chi connectivity index (χ4n) is 1.21. The summed E-state index contributed by atoms with van der Waals surface area (Å²) in [5, 5.41) is 2.92. The Balaban J connectivity index is 2.69. The van der Waals surface area contributed by atoms with Crippen LogP contribution in [-0.2, 0) is 0 Å². The van der Waals surface area contributed by atoms with Gasteiger partial charge in [-0.05, 0) is 13.0 Å². The van der Waals surface area contributed by atoms with E-state index in [1.165, 1.54) is 44.9 Å². The van der Waals surface area contributed by atoms with E-state index in [9.17, 15) is 0 Å². The van der Waals surface area contributed by atoms with Crippen LogP contribution in [0, 0.1) is 7.05 Å². The molecular weight excluding hydrogens is 134 g/mol. The van der Waals surface area contributed by atoms with Gasteiger partial charge in [-0.25, -0.2) is 0 Å². The Kier molecular flexibility index (Phi) is 9.92. The molecule has 0 aliphatic carbocycles. The fraction of sp³-hybridized carbons (Fsp3) is 0.900. The molecule has 0 heterocycles. The predicted molar refractivity (Wildman–Crippen MR) is 51.4 cm³/mol. The maximum absolute atomic E-state index is 3.58. The third kappa shape index (κ3) is 9.96. The lowest BCUT2D eigenvalue weighted by molar-refractivity contribution is 0.582. The molecule has 67 valence electrons. The first-order chi connectivity index (χ1) is 5.41. The van der Waals surface area contributed by atoms with Gasteiger partial charge in [-0.15, -0.1) is 0 Å². The van der Waals surface area contributed by atoms with E-state index in [2.05, 4.69) is 19.3 Å². The Bertz CT molecular complexity index is 53.9. The number of rotatable bonds is 8. The van der Waals surface area contributed by atoms with Gasteiger partial charge >= 0.3 is 0 Å². The van der Waals surface area contributed by atoms with Gasteiger partial charge in [-0.2, -0.15) is 0 Å². The Morgan fingerprint density at radius 2 is 1.45 bits per heavy atom. The molecule has 1 N–H and O–H groups in total. The van der Waals surface area contributed by atoms with Crippen LogP contribution in [0.2, 0.25) is 0 Å². The number of hydrogen-bond donors (Lipinski definition) is 1. The highest BCUT2D eigenvalue weighted by molar-refractivity contribution is 4.47. The third-order valence-electron chi connectivity index (χ3n) is 1.96. The Labute approximate surface area is 71.6 Å². The molecule has 0 aromatic heterocycles. The largest absolute Gasteiger partial charge is 0.315 e. The highest BCUT2D eigenvalue weighted by Crippen LogP contribution is 2.05. The van der Waals surface area contributed by atoms with E-state index in [0.717, 1.165) is 6.54 Å². The van der Waals surface area contributed by atoms with Gasteiger partial charge in [0.25, 0.3) is 0 Å². The molecule has 0 rings (SSSR count). The number of hydrogen-bond acceptors (Lipinski definition) is 1. The highest BCUT2D eigenvalue weighted by atomic mass is 14.8. The Morgan fingerprint density at radius 1 is 0.909 bits per heavy atom. The first-order valence-corrected chi connectivity index (χ1v) is 4.91. The summed E-state index contributed by atoms with van der Waals surface area (Å²) in [6.07, 6.45) is 9.66. The zero-order valence-corrected chi connectivity index (χ0v) is 7.86. The van der Waals surface area contributed by atoms with E-state index in [4.69, 9.17) is 0 Å². The smallest absolute Gasteiger partial charge is 0.00767 e. The SMILES string of the molecule is [CH2]NCCCCCCCCC. The van der Waals surface area contributed by atoms with Crippen LogP contribution >= 0.6 is 0 Å². The van der Waals surface area contributed by atoms with Gasteiger partial charge in [-0.1, -0.05) is 45.4 Å². The van der Waals surface area contributed by atoms with Crippen molar-refractivity contribution >= 4 is 0 Å². The first kappa shape index (κ1) is 11.0. The fourth-order valence-corrected chi connectivity index (χ4v) is 1.21. The molecule has 0 aliphatic rings. The molecule has 0 bridgehead atoms. The van der Waals surface area contributed by atoms with E-state index in [1.807, 2.05) is 0 Å². The molecule has 0 saturated heterocycles. The molecule has 1 nitrogen and oxygen atoms in total. The highest BCUT2D eigenvalue weighted by Gasteiger charge is 1.88. The summed E-state index contributed by atoms with van der Waals surface area (Å²) in [6.45, 7) is 3.33. The van der Waals surface area contributed by atoms with Gasteiger partial charge in [0, 0.05) is 7.05 Å². The summed E-state index contributed by atoms with van der Waals surface area (Å²) < 4.78 is 0. The number of unbranched alkanes of at least 4 members (excludes halogenated alkanes) is 6. The maximum Gasteiger partial charge on any atom is 0.00767 e. The molecular formula is C10H22N. The molecule has 1 heteroatoms. The minimum Gasteiger partial charge on any atom is -0.315 e. The van der Waals surface area contributed by atoms with Crippen molar-refractivity contribution in [2.75, 3.05) is 6.54 Å². The molecule has 0 unspecified atom stereocenters. The second kappa shape index (κ2) is 9.96. The second-order valence-electron chi connectivity index (χ2n) is 3.12. The van der Waals surface area contributed by atoms with Gasteiger partial charge in [0.05, 0.1) is 0 Å². The van der Waals surface area contributed by atoms with Crippen molar-refractivity contribution in [2.45, 2.75) is 51.9 Å². The summed E-state index contributed by atoms with van der Waals surface area (Å²) in [5.41, 5.74) is 0. The molecule has 0 aliphatic heterocycles. The molecule has 0 aromatic carbocycles. The Hall–Kier alpha value is -0.0400. The number of nitrogens with one attached hydrogen (secondary N) is 1. The van der Waals surface area contributed by atoms with Crippen molar-refractivity contribution in [3.63, 3.8) is 0 Å². The van der Waals surface area contributed by atoms with E-state index in [1.54, 1.807) is 0 Å². The summed E-state index contributed by atoms with van der Waals surface area (Å²) in [7, 11) is 3.58. The molecule has 0 saturated carbocycles. The first-order valence-electron chi connectivity index (χ1n) is 4.91. The third-order valence-corrected chi connectivity index (χ3v) is 1.96. The topological polar surface area (TPSA) is 12.0 Å².